The number of hydrogen-bond acceptors (Lipinski definition) is 5. The van der Waals surface area contributed by atoms with Gasteiger partial charge in [0.15, 0.2) is 0 Å². The summed E-state index contributed by atoms with van der Waals surface area (Å²) in [4.78, 5) is 28.1. The van der Waals surface area contributed by atoms with Crippen molar-refractivity contribution in [3.63, 3.8) is 0 Å². The summed E-state index contributed by atoms with van der Waals surface area (Å²) >= 11 is 0. The first-order valence-corrected chi connectivity index (χ1v) is 4.26. The molecule has 2 amide bonds. The molecule has 0 heterocycles. The smallest absolute Gasteiger partial charge is 0.370 e. The second-order valence-electron chi connectivity index (χ2n) is 2.35. The molecule has 0 aliphatic heterocycles. The second kappa shape index (κ2) is 20.3. The van der Waals surface area contributed by atoms with E-state index in [9.17, 15) is 9.59 Å². The molecule has 17 heavy (non-hydrogen) atoms. The first-order chi connectivity index (χ1) is 7.27. The second-order valence-corrected chi connectivity index (χ2v) is 2.35. The van der Waals surface area contributed by atoms with Gasteiger partial charge >= 0.3 is 29.6 Å². The van der Waals surface area contributed by atoms with Crippen molar-refractivity contribution in [1.82, 2.24) is 0 Å². The van der Waals surface area contributed by atoms with E-state index in [-0.39, 0.29) is 42.4 Å². The quantitative estimate of drug-likeness (QED) is 0.239. The molecular weight excluding hydrogens is 241 g/mol. The van der Waals surface area contributed by atoms with E-state index in [4.69, 9.17) is 26.8 Å². The fourth-order valence-electron chi connectivity index (χ4n) is 0.246. The van der Waals surface area contributed by atoms with Crippen molar-refractivity contribution < 1.29 is 44.2 Å². The van der Waals surface area contributed by atoms with E-state index >= 15 is 0 Å². The Kier molecular flexibility index (Phi) is 29.8. The van der Waals surface area contributed by atoms with Crippen molar-refractivity contribution in [2.45, 2.75) is 26.2 Å². The molecule has 0 aromatic carbocycles. The Balaban J connectivity index is -0.0000000806. The number of carbonyl (C=O) groups is 2. The molecule has 0 fully saturated rings. The predicted octanol–water partition coefficient (Wildman–Crippen LogP) is -2.92. The fraction of sp³-hybridized carbons (Fsp3) is 0.500. The Morgan fingerprint density at radius 3 is 1.47 bits per heavy atom. The molecule has 0 atom stereocenters. The van der Waals surface area contributed by atoms with Gasteiger partial charge in [0.1, 0.15) is 0 Å². The number of allylic oxidation sites excluding steroid dienone is 1. The van der Waals surface area contributed by atoms with Gasteiger partial charge in [0, 0.05) is 12.8 Å². The van der Waals surface area contributed by atoms with Crippen LogP contribution in [0.2, 0.25) is 0 Å². The average Bonchev–Trinajstić information content (AvgIpc) is 2.14. The van der Waals surface area contributed by atoms with Gasteiger partial charge < -0.3 is 26.8 Å². The number of nitrogens with two attached hydrogens (primary N) is 2. The minimum atomic E-state index is -1.75. The van der Waals surface area contributed by atoms with Crippen LogP contribution < -0.4 is 41.0 Å². The third kappa shape index (κ3) is 104. The number of hydrogen-bond donors (Lipinski definition) is 2. The van der Waals surface area contributed by atoms with Crippen molar-refractivity contribution in [1.29, 1.82) is 0 Å². The molecule has 8 nitrogen and oxygen atoms in total. The molecule has 4 N–H and O–H groups in total. The molecule has 0 aliphatic carbocycles. The maximum Gasteiger partial charge on any atom is 1.00 e. The molecule has 0 aromatic heterocycles. The fourth-order valence-corrected chi connectivity index (χ4v) is 0.246. The zero-order valence-electron chi connectivity index (χ0n) is 10.0. The first kappa shape index (κ1) is 24.9. The Morgan fingerprint density at radius 2 is 1.41 bits per heavy atom. The number of amides is 2. The van der Waals surface area contributed by atoms with Gasteiger partial charge in [0.2, 0.25) is 11.8 Å². The average molecular weight is 257 g/mol. The maximum atomic E-state index is 9.92. The Labute approximate surface area is 121 Å². The van der Waals surface area contributed by atoms with Gasteiger partial charge in [-0.3, -0.25) is 9.59 Å². The number of carbonyl (C=O) groups excluding carboxylic acids is 2. The van der Waals surface area contributed by atoms with Crippen molar-refractivity contribution >= 4 is 11.8 Å². The van der Waals surface area contributed by atoms with Crippen LogP contribution in [0.4, 0.5) is 0 Å². The van der Waals surface area contributed by atoms with Crippen LogP contribution in [0.15, 0.2) is 12.7 Å². The third-order valence-corrected chi connectivity index (χ3v) is 0.906. The molecule has 0 aromatic rings. The maximum absolute atomic E-state index is 9.92. The molecule has 94 valence electrons. The van der Waals surface area contributed by atoms with E-state index in [1.807, 2.05) is 6.08 Å². The summed E-state index contributed by atoms with van der Waals surface area (Å²) in [5.74, 6) is -0.993. The number of rotatable bonds is 4. The molecule has 0 rings (SSSR count). The van der Waals surface area contributed by atoms with E-state index in [1.54, 1.807) is 0 Å². The van der Waals surface area contributed by atoms with Crippen LogP contribution >= 0.6 is 0 Å². The third-order valence-electron chi connectivity index (χ3n) is 0.906. The van der Waals surface area contributed by atoms with E-state index in [0.717, 1.165) is 6.42 Å². The molecule has 0 radical (unpaired) electrons. The number of primary amides is 2. The van der Waals surface area contributed by atoms with Gasteiger partial charge in [-0.1, -0.05) is 13.0 Å². The minimum Gasteiger partial charge on any atom is -0.370 e. The summed E-state index contributed by atoms with van der Waals surface area (Å²) in [6.45, 7) is 5.54. The van der Waals surface area contributed by atoms with Gasteiger partial charge in [-0.05, 0) is 6.42 Å². The van der Waals surface area contributed by atoms with Gasteiger partial charge in [-0.15, -0.1) is 6.58 Å². The molecular formula is C8H16N3NaO5. The molecule has 0 unspecified atom stereocenters. The van der Waals surface area contributed by atoms with Crippen LogP contribution in [0, 0.1) is 15.3 Å². The van der Waals surface area contributed by atoms with Crippen molar-refractivity contribution in [2.75, 3.05) is 0 Å². The monoisotopic (exact) mass is 257 g/mol. The van der Waals surface area contributed by atoms with Crippen molar-refractivity contribution in [3.05, 3.63) is 28.0 Å². The Hall–Kier alpha value is -1.12. The van der Waals surface area contributed by atoms with Crippen molar-refractivity contribution in [3.8, 4) is 0 Å². The van der Waals surface area contributed by atoms with Crippen LogP contribution in [0.1, 0.15) is 26.2 Å². The minimum absolute atomic E-state index is 0. The zero-order valence-corrected chi connectivity index (χ0v) is 12.0. The van der Waals surface area contributed by atoms with Crippen LogP contribution in [0.25, 0.3) is 0 Å². The standard InChI is InChI=1S/C4H8N2O2.C4H8.NO3.Na/c5-3(7)1-2-4(6)8;1-3-4-2;2-1(3)4;/h1-2H2,(H2,5,7)(H2,6,8);3H,1,4H2,2H3;;/q;;-1;+1. The van der Waals surface area contributed by atoms with E-state index in [2.05, 4.69) is 13.5 Å². The SMILES string of the molecule is C=CCC.NC(=O)CCC(N)=O.O=[N+]([O-])[O-].[Na+]. The molecule has 0 aliphatic rings. The Bertz CT molecular complexity index is 217. The van der Waals surface area contributed by atoms with Gasteiger partial charge in [0.05, 0.1) is 5.09 Å². The normalized spacial score (nSPS) is 6.88. The molecule has 0 saturated heterocycles. The van der Waals surface area contributed by atoms with E-state index in [1.165, 1.54) is 0 Å². The van der Waals surface area contributed by atoms with Crippen LogP contribution in [0.3, 0.4) is 0 Å². The predicted molar refractivity (Wildman–Crippen MR) is 58.5 cm³/mol. The van der Waals surface area contributed by atoms with Gasteiger partial charge in [-0.2, -0.15) is 0 Å². The van der Waals surface area contributed by atoms with Crippen LogP contribution in [-0.2, 0) is 9.59 Å². The first-order valence-electron chi connectivity index (χ1n) is 4.26. The summed E-state index contributed by atoms with van der Waals surface area (Å²) in [7, 11) is 0. The van der Waals surface area contributed by atoms with Gasteiger partial charge in [-0.25, -0.2) is 0 Å². The summed E-state index contributed by atoms with van der Waals surface area (Å²) in [6.07, 6.45) is 3.06. The van der Waals surface area contributed by atoms with E-state index in [0.29, 0.717) is 0 Å². The molecule has 0 bridgehead atoms. The Morgan fingerprint density at radius 1 is 1.24 bits per heavy atom. The summed E-state index contributed by atoms with van der Waals surface area (Å²) in [6, 6.07) is 0. The van der Waals surface area contributed by atoms with Crippen LogP contribution in [0.5, 0.6) is 0 Å². The van der Waals surface area contributed by atoms with Crippen molar-refractivity contribution in [2.24, 2.45) is 11.5 Å². The van der Waals surface area contributed by atoms with Crippen LogP contribution in [-0.4, -0.2) is 16.9 Å². The summed E-state index contributed by atoms with van der Waals surface area (Å²) in [5, 5.41) is 14.8. The zero-order chi connectivity index (χ0) is 13.6. The molecule has 0 saturated carbocycles. The number of nitrogens with zero attached hydrogens (tertiary/aromatic N) is 1. The van der Waals surface area contributed by atoms with E-state index < -0.39 is 16.9 Å². The largest absolute Gasteiger partial charge is 1.00 e. The topological polar surface area (TPSA) is 152 Å². The molecule has 0 spiro atoms. The molecule has 9 heteroatoms. The van der Waals surface area contributed by atoms with Gasteiger partial charge in [0.25, 0.3) is 0 Å². The summed E-state index contributed by atoms with van der Waals surface area (Å²) < 4.78 is 0. The summed E-state index contributed by atoms with van der Waals surface area (Å²) in [5.41, 5.74) is 9.39.